The molecule has 0 saturated carbocycles. The number of hydrogen-bond acceptors (Lipinski definition) is 5. The van der Waals surface area contributed by atoms with Crippen LogP contribution >= 0.6 is 11.8 Å². The highest BCUT2D eigenvalue weighted by molar-refractivity contribution is 7.99. The molecule has 6 nitrogen and oxygen atoms in total. The van der Waals surface area contributed by atoms with E-state index in [2.05, 4.69) is 0 Å². The molecule has 2 rings (SSSR count). The zero-order chi connectivity index (χ0) is 14.9. The Hall–Kier alpha value is -0.950. The number of aliphatic hydroxyl groups is 1. The normalized spacial score (nSPS) is 27.0. The van der Waals surface area contributed by atoms with Crippen LogP contribution in [0, 0.1) is 0 Å². The fourth-order valence-corrected chi connectivity index (χ4v) is 3.32. The largest absolute Gasteiger partial charge is 0.444 e. The van der Waals surface area contributed by atoms with E-state index in [-0.39, 0.29) is 12.5 Å². The lowest BCUT2D eigenvalue weighted by atomic mass is 10.1. The Labute approximate surface area is 123 Å². The highest BCUT2D eigenvalue weighted by atomic mass is 32.2. The first kappa shape index (κ1) is 15.4. The van der Waals surface area contributed by atoms with Crippen LogP contribution in [0.15, 0.2) is 0 Å². The molecule has 0 spiro atoms. The van der Waals surface area contributed by atoms with Crippen molar-refractivity contribution in [3.63, 3.8) is 0 Å². The molecule has 0 unspecified atom stereocenters. The van der Waals surface area contributed by atoms with Gasteiger partial charge < -0.3 is 14.7 Å². The van der Waals surface area contributed by atoms with Crippen LogP contribution in [0.4, 0.5) is 4.79 Å². The highest BCUT2D eigenvalue weighted by Crippen LogP contribution is 2.25. The number of carbonyl (C=O) groups is 2. The highest BCUT2D eigenvalue weighted by Gasteiger charge is 2.42. The Kier molecular flexibility index (Phi) is 4.49. The van der Waals surface area contributed by atoms with Gasteiger partial charge in [-0.2, -0.15) is 0 Å². The van der Waals surface area contributed by atoms with E-state index in [0.29, 0.717) is 18.8 Å². The summed E-state index contributed by atoms with van der Waals surface area (Å²) in [6, 6.07) is -0.599. The lowest BCUT2D eigenvalue weighted by Crippen LogP contribution is -2.48. The minimum absolute atomic E-state index is 0.0857. The molecule has 1 N–H and O–H groups in total. The van der Waals surface area contributed by atoms with Crippen molar-refractivity contribution in [1.82, 2.24) is 9.80 Å². The maximum absolute atomic E-state index is 12.4. The summed E-state index contributed by atoms with van der Waals surface area (Å²) in [4.78, 5) is 27.7. The summed E-state index contributed by atoms with van der Waals surface area (Å²) in [6.07, 6.45) is -0.898. The summed E-state index contributed by atoms with van der Waals surface area (Å²) in [7, 11) is 0. The molecule has 2 saturated heterocycles. The molecule has 0 aromatic carbocycles. The van der Waals surface area contributed by atoms with Gasteiger partial charge in [0.1, 0.15) is 11.6 Å². The van der Waals surface area contributed by atoms with E-state index >= 15 is 0 Å². The van der Waals surface area contributed by atoms with Gasteiger partial charge in [0.25, 0.3) is 0 Å². The summed E-state index contributed by atoms with van der Waals surface area (Å²) in [5.74, 6) is 1.50. The maximum atomic E-state index is 12.4. The SMILES string of the molecule is CC(C)(C)OC(=O)N1C[C@H](O)C[C@@H]1C(=O)N1CCSC1. The zero-order valence-corrected chi connectivity index (χ0v) is 13.0. The molecular weight excluding hydrogens is 280 g/mol. The van der Waals surface area contributed by atoms with E-state index in [4.69, 9.17) is 4.74 Å². The molecule has 20 heavy (non-hydrogen) atoms. The van der Waals surface area contributed by atoms with Crippen molar-refractivity contribution in [2.24, 2.45) is 0 Å². The van der Waals surface area contributed by atoms with Gasteiger partial charge in [0, 0.05) is 18.7 Å². The molecule has 2 aliphatic heterocycles. The summed E-state index contributed by atoms with van der Waals surface area (Å²) < 4.78 is 5.31. The molecule has 114 valence electrons. The molecule has 0 aromatic rings. The van der Waals surface area contributed by atoms with Crippen LogP contribution in [0.1, 0.15) is 27.2 Å². The lowest BCUT2D eigenvalue weighted by Gasteiger charge is -2.29. The summed E-state index contributed by atoms with van der Waals surface area (Å²) in [5, 5.41) is 9.78. The molecule has 2 atom stereocenters. The number of rotatable bonds is 1. The van der Waals surface area contributed by atoms with Gasteiger partial charge in [-0.1, -0.05) is 0 Å². The van der Waals surface area contributed by atoms with Crippen LogP contribution in [0.5, 0.6) is 0 Å². The Morgan fingerprint density at radius 3 is 2.60 bits per heavy atom. The first-order chi connectivity index (χ1) is 9.28. The second-order valence-corrected chi connectivity index (χ2v) is 7.25. The quantitative estimate of drug-likeness (QED) is 0.779. The van der Waals surface area contributed by atoms with Crippen LogP contribution < -0.4 is 0 Å². The van der Waals surface area contributed by atoms with Crippen molar-refractivity contribution in [2.75, 3.05) is 24.7 Å². The number of amides is 2. The van der Waals surface area contributed by atoms with Crippen molar-refractivity contribution in [3.8, 4) is 0 Å². The van der Waals surface area contributed by atoms with Crippen LogP contribution in [-0.4, -0.2) is 69.4 Å². The molecule has 2 fully saturated rings. The third-order valence-electron chi connectivity index (χ3n) is 3.26. The molecule has 2 heterocycles. The third-order valence-corrected chi connectivity index (χ3v) is 4.22. The molecule has 0 radical (unpaired) electrons. The van der Waals surface area contributed by atoms with E-state index < -0.39 is 23.8 Å². The minimum atomic E-state index is -0.660. The fraction of sp³-hybridized carbons (Fsp3) is 0.846. The van der Waals surface area contributed by atoms with Crippen molar-refractivity contribution in [2.45, 2.75) is 44.9 Å². The lowest BCUT2D eigenvalue weighted by molar-refractivity contribution is -0.134. The Morgan fingerprint density at radius 2 is 2.05 bits per heavy atom. The van der Waals surface area contributed by atoms with Crippen molar-refractivity contribution >= 4 is 23.8 Å². The van der Waals surface area contributed by atoms with Gasteiger partial charge in [-0.25, -0.2) is 4.79 Å². The number of β-amino-alcohol motifs (C(OH)–C–C–N with tert-alkyl or cyclic N) is 1. The molecule has 0 aliphatic carbocycles. The number of thioether (sulfide) groups is 1. The van der Waals surface area contributed by atoms with Crippen LogP contribution in [-0.2, 0) is 9.53 Å². The number of carbonyl (C=O) groups excluding carboxylic acids is 2. The summed E-state index contributed by atoms with van der Waals surface area (Å²) >= 11 is 1.70. The number of likely N-dealkylation sites (tertiary alicyclic amines) is 1. The number of nitrogens with zero attached hydrogens (tertiary/aromatic N) is 2. The molecule has 0 bridgehead atoms. The van der Waals surface area contributed by atoms with Gasteiger partial charge in [-0.15, -0.1) is 11.8 Å². The van der Waals surface area contributed by atoms with Gasteiger partial charge in [0.05, 0.1) is 18.5 Å². The van der Waals surface area contributed by atoms with Crippen molar-refractivity contribution in [3.05, 3.63) is 0 Å². The van der Waals surface area contributed by atoms with E-state index in [1.54, 1.807) is 37.4 Å². The maximum Gasteiger partial charge on any atom is 0.411 e. The number of ether oxygens (including phenoxy) is 1. The van der Waals surface area contributed by atoms with Gasteiger partial charge >= 0.3 is 6.09 Å². The van der Waals surface area contributed by atoms with E-state index in [1.807, 2.05) is 0 Å². The molecule has 7 heteroatoms. The first-order valence-electron chi connectivity index (χ1n) is 6.82. The van der Waals surface area contributed by atoms with Crippen molar-refractivity contribution in [1.29, 1.82) is 0 Å². The first-order valence-corrected chi connectivity index (χ1v) is 7.97. The van der Waals surface area contributed by atoms with Crippen LogP contribution in [0.25, 0.3) is 0 Å². The van der Waals surface area contributed by atoms with E-state index in [0.717, 1.165) is 5.75 Å². The molecule has 2 aliphatic rings. The third kappa shape index (κ3) is 3.58. The molecule has 2 amide bonds. The van der Waals surface area contributed by atoms with Crippen LogP contribution in [0.2, 0.25) is 0 Å². The summed E-state index contributed by atoms with van der Waals surface area (Å²) in [5.41, 5.74) is -0.609. The van der Waals surface area contributed by atoms with Crippen molar-refractivity contribution < 1.29 is 19.4 Å². The Morgan fingerprint density at radius 1 is 1.35 bits per heavy atom. The predicted molar refractivity (Wildman–Crippen MR) is 76.4 cm³/mol. The Balaban J connectivity index is 2.06. The molecular formula is C13H22N2O4S. The van der Waals surface area contributed by atoms with Gasteiger partial charge in [0.15, 0.2) is 0 Å². The van der Waals surface area contributed by atoms with Gasteiger partial charge in [0.2, 0.25) is 5.91 Å². The number of hydrogen-bond donors (Lipinski definition) is 1. The zero-order valence-electron chi connectivity index (χ0n) is 12.2. The molecule has 0 aromatic heterocycles. The fourth-order valence-electron chi connectivity index (χ4n) is 2.37. The topological polar surface area (TPSA) is 70.1 Å². The number of aliphatic hydroxyl groups excluding tert-OH is 1. The standard InChI is InChI=1S/C13H22N2O4S/c1-13(2,3)19-12(18)15-7-9(16)6-10(15)11(17)14-4-5-20-8-14/h9-10,16H,4-8H2,1-3H3/t9-,10-/m1/s1. The van der Waals surface area contributed by atoms with E-state index in [9.17, 15) is 14.7 Å². The van der Waals surface area contributed by atoms with Crippen LogP contribution in [0.3, 0.4) is 0 Å². The smallest absolute Gasteiger partial charge is 0.411 e. The average Bonchev–Trinajstić information content (AvgIpc) is 2.94. The monoisotopic (exact) mass is 302 g/mol. The average molecular weight is 302 g/mol. The van der Waals surface area contributed by atoms with Gasteiger partial charge in [-0.05, 0) is 20.8 Å². The second-order valence-electron chi connectivity index (χ2n) is 6.18. The second kappa shape index (κ2) is 5.81. The predicted octanol–water partition coefficient (Wildman–Crippen LogP) is 0.890. The van der Waals surface area contributed by atoms with E-state index in [1.165, 1.54) is 4.90 Å². The summed E-state index contributed by atoms with van der Waals surface area (Å²) in [6.45, 7) is 6.21. The van der Waals surface area contributed by atoms with Gasteiger partial charge in [-0.3, -0.25) is 9.69 Å². The Bertz CT molecular complexity index is 390. The minimum Gasteiger partial charge on any atom is -0.444 e.